The number of halogens is 1. The molecule has 30 heavy (non-hydrogen) atoms. The maximum absolute atomic E-state index is 13.0. The van der Waals surface area contributed by atoms with Crippen LogP contribution in [-0.2, 0) is 24.3 Å². The van der Waals surface area contributed by atoms with Crippen molar-refractivity contribution < 1.29 is 27.5 Å². The van der Waals surface area contributed by atoms with Gasteiger partial charge in [-0.25, -0.2) is 8.42 Å². The van der Waals surface area contributed by atoms with E-state index in [0.717, 1.165) is 4.31 Å². The monoisotopic (exact) mass is 460 g/mol. The molecule has 1 aromatic rings. The van der Waals surface area contributed by atoms with Crippen LogP contribution in [0.1, 0.15) is 33.6 Å². The fourth-order valence-corrected chi connectivity index (χ4v) is 5.03. The lowest BCUT2D eigenvalue weighted by Gasteiger charge is -2.32. The molecule has 1 aromatic carbocycles. The number of carbonyl (C=O) groups is 2. The third kappa shape index (κ3) is 5.86. The van der Waals surface area contributed by atoms with Crippen molar-refractivity contribution in [1.82, 2.24) is 9.21 Å². The highest BCUT2D eigenvalue weighted by atomic mass is 35.5. The third-order valence-corrected chi connectivity index (χ3v) is 7.19. The van der Waals surface area contributed by atoms with Crippen molar-refractivity contribution in [3.63, 3.8) is 0 Å². The van der Waals surface area contributed by atoms with Gasteiger partial charge in [0, 0.05) is 19.6 Å². The Morgan fingerprint density at radius 2 is 1.83 bits per heavy atom. The number of nitrogens with zero attached hydrogens (tertiary/aromatic N) is 2. The summed E-state index contributed by atoms with van der Waals surface area (Å²) in [7, 11) is -3.90. The van der Waals surface area contributed by atoms with E-state index >= 15 is 0 Å². The number of carbonyl (C=O) groups excluding carboxylic acids is 2. The van der Waals surface area contributed by atoms with Gasteiger partial charge in [0.05, 0.1) is 35.6 Å². The van der Waals surface area contributed by atoms with Crippen molar-refractivity contribution in [2.45, 2.75) is 38.5 Å². The summed E-state index contributed by atoms with van der Waals surface area (Å²) >= 11 is 6.13. The highest BCUT2D eigenvalue weighted by Gasteiger charge is 2.31. The molecule has 0 spiro atoms. The van der Waals surface area contributed by atoms with Crippen LogP contribution in [0.25, 0.3) is 0 Å². The summed E-state index contributed by atoms with van der Waals surface area (Å²) in [6.45, 7) is 6.64. The van der Waals surface area contributed by atoms with Crippen molar-refractivity contribution in [3.05, 3.63) is 23.2 Å². The fourth-order valence-electron chi connectivity index (χ4n) is 3.31. The van der Waals surface area contributed by atoms with E-state index in [1.165, 1.54) is 18.2 Å². The van der Waals surface area contributed by atoms with Crippen LogP contribution in [0.5, 0.6) is 5.75 Å². The van der Waals surface area contributed by atoms with Crippen LogP contribution in [0.15, 0.2) is 23.1 Å². The first kappa shape index (κ1) is 24.4. The molecular formula is C20H29ClN2O6S. The van der Waals surface area contributed by atoms with E-state index in [4.69, 9.17) is 21.1 Å². The summed E-state index contributed by atoms with van der Waals surface area (Å²) < 4.78 is 37.5. The van der Waals surface area contributed by atoms with Gasteiger partial charge in [-0.2, -0.15) is 4.31 Å². The Balaban J connectivity index is 2.04. The zero-order chi connectivity index (χ0) is 22.3. The van der Waals surface area contributed by atoms with E-state index in [2.05, 4.69) is 0 Å². The van der Waals surface area contributed by atoms with Crippen LogP contribution < -0.4 is 4.74 Å². The Labute approximate surface area is 183 Å². The second-order valence-electron chi connectivity index (χ2n) is 6.86. The Hall–Kier alpha value is -1.84. The van der Waals surface area contributed by atoms with Gasteiger partial charge >= 0.3 is 5.97 Å². The SMILES string of the molecule is CCOC(=O)C1CCN(C(=O)CN(CC)S(=O)(=O)c2ccc(OCC)c(Cl)c2)CC1. The Kier molecular flexibility index (Phi) is 8.93. The fraction of sp³-hybridized carbons (Fsp3) is 0.600. The van der Waals surface area contributed by atoms with Gasteiger partial charge < -0.3 is 14.4 Å². The Morgan fingerprint density at radius 3 is 2.37 bits per heavy atom. The highest BCUT2D eigenvalue weighted by Crippen LogP contribution is 2.29. The van der Waals surface area contributed by atoms with Crippen molar-refractivity contribution in [2.75, 3.05) is 39.4 Å². The third-order valence-electron chi connectivity index (χ3n) is 4.97. The quantitative estimate of drug-likeness (QED) is 0.526. The number of sulfonamides is 1. The summed E-state index contributed by atoms with van der Waals surface area (Å²) in [4.78, 5) is 26.2. The minimum absolute atomic E-state index is 0.00613. The summed E-state index contributed by atoms with van der Waals surface area (Å²) in [6, 6.07) is 4.26. The number of esters is 1. The number of hydrogen-bond acceptors (Lipinski definition) is 6. The summed E-state index contributed by atoms with van der Waals surface area (Å²) in [6.07, 6.45) is 1.02. The van der Waals surface area contributed by atoms with Crippen LogP contribution in [0.3, 0.4) is 0 Å². The lowest BCUT2D eigenvalue weighted by atomic mass is 9.97. The minimum Gasteiger partial charge on any atom is -0.492 e. The zero-order valence-electron chi connectivity index (χ0n) is 17.6. The molecule has 0 radical (unpaired) electrons. The molecule has 1 aliphatic heterocycles. The van der Waals surface area contributed by atoms with Crippen LogP contribution in [0.2, 0.25) is 5.02 Å². The highest BCUT2D eigenvalue weighted by molar-refractivity contribution is 7.89. The first-order valence-electron chi connectivity index (χ1n) is 10.1. The topological polar surface area (TPSA) is 93.2 Å². The molecule has 10 heteroatoms. The van der Waals surface area contributed by atoms with Gasteiger partial charge in [0.25, 0.3) is 0 Å². The molecule has 2 rings (SSSR count). The number of hydrogen-bond donors (Lipinski definition) is 0. The van der Waals surface area contributed by atoms with E-state index in [9.17, 15) is 18.0 Å². The predicted molar refractivity (Wildman–Crippen MR) is 113 cm³/mol. The molecule has 1 amide bonds. The van der Waals surface area contributed by atoms with Crippen molar-refractivity contribution >= 4 is 33.5 Å². The van der Waals surface area contributed by atoms with E-state index in [-0.39, 0.29) is 40.8 Å². The van der Waals surface area contributed by atoms with Gasteiger partial charge in [0.15, 0.2) is 0 Å². The molecule has 0 N–H and O–H groups in total. The number of likely N-dealkylation sites (tertiary alicyclic amines) is 1. The number of benzene rings is 1. The van der Waals surface area contributed by atoms with Gasteiger partial charge in [-0.15, -0.1) is 0 Å². The smallest absolute Gasteiger partial charge is 0.309 e. The van der Waals surface area contributed by atoms with Gasteiger partial charge in [-0.3, -0.25) is 9.59 Å². The van der Waals surface area contributed by atoms with Crippen molar-refractivity contribution in [1.29, 1.82) is 0 Å². The van der Waals surface area contributed by atoms with Crippen LogP contribution in [0, 0.1) is 5.92 Å². The molecule has 0 aromatic heterocycles. The molecule has 0 unspecified atom stereocenters. The second kappa shape index (κ2) is 11.0. The number of piperidine rings is 1. The molecule has 1 aliphatic rings. The van der Waals surface area contributed by atoms with Crippen molar-refractivity contribution in [3.8, 4) is 5.75 Å². The van der Waals surface area contributed by atoms with Gasteiger partial charge in [-0.05, 0) is 44.9 Å². The van der Waals surface area contributed by atoms with Gasteiger partial charge in [0.2, 0.25) is 15.9 Å². The molecule has 1 heterocycles. The Bertz CT molecular complexity index is 853. The normalized spacial score (nSPS) is 15.3. The summed E-state index contributed by atoms with van der Waals surface area (Å²) in [5.41, 5.74) is 0. The largest absolute Gasteiger partial charge is 0.492 e. The molecule has 1 saturated heterocycles. The first-order chi connectivity index (χ1) is 14.2. The van der Waals surface area contributed by atoms with E-state index in [0.29, 0.717) is 44.9 Å². The molecule has 0 saturated carbocycles. The maximum atomic E-state index is 13.0. The zero-order valence-corrected chi connectivity index (χ0v) is 19.2. The molecule has 0 aliphatic carbocycles. The predicted octanol–water partition coefficient (Wildman–Crippen LogP) is 2.55. The summed E-state index contributed by atoms with van der Waals surface area (Å²) in [5, 5.41) is 0.196. The lowest BCUT2D eigenvalue weighted by Crippen LogP contribution is -2.46. The number of rotatable bonds is 9. The standard InChI is InChI=1S/C20H29ClN2O6S/c1-4-23(30(26,27)16-7-8-18(28-5-2)17(21)13-16)14-19(24)22-11-9-15(10-12-22)20(25)29-6-3/h7-8,13,15H,4-6,9-12,14H2,1-3H3. The molecule has 8 nitrogen and oxygen atoms in total. The van der Waals surface area contributed by atoms with E-state index in [1.54, 1.807) is 25.7 Å². The van der Waals surface area contributed by atoms with Gasteiger partial charge in [-0.1, -0.05) is 18.5 Å². The van der Waals surface area contributed by atoms with Crippen LogP contribution in [0.4, 0.5) is 0 Å². The molecule has 1 fully saturated rings. The summed E-state index contributed by atoms with van der Waals surface area (Å²) in [5.74, 6) is -0.345. The maximum Gasteiger partial charge on any atom is 0.309 e. The van der Waals surface area contributed by atoms with Crippen LogP contribution in [-0.4, -0.2) is 68.9 Å². The van der Waals surface area contributed by atoms with E-state index in [1.807, 2.05) is 0 Å². The average Bonchev–Trinajstić information content (AvgIpc) is 2.73. The van der Waals surface area contributed by atoms with Gasteiger partial charge in [0.1, 0.15) is 5.75 Å². The van der Waals surface area contributed by atoms with Crippen LogP contribution >= 0.6 is 11.6 Å². The van der Waals surface area contributed by atoms with E-state index < -0.39 is 10.0 Å². The minimum atomic E-state index is -3.90. The molecular weight excluding hydrogens is 432 g/mol. The number of amides is 1. The molecule has 0 atom stereocenters. The number of likely N-dealkylation sites (N-methyl/N-ethyl adjacent to an activating group) is 1. The van der Waals surface area contributed by atoms with Crippen molar-refractivity contribution in [2.24, 2.45) is 5.92 Å². The lowest BCUT2D eigenvalue weighted by molar-refractivity contribution is -0.151. The molecule has 168 valence electrons. The number of ether oxygens (including phenoxy) is 2. The second-order valence-corrected chi connectivity index (χ2v) is 9.21. The average molecular weight is 461 g/mol. The Morgan fingerprint density at radius 1 is 1.17 bits per heavy atom. The first-order valence-corrected chi connectivity index (χ1v) is 11.9. The molecule has 0 bridgehead atoms.